The quantitative estimate of drug-likeness (QED) is 0.417. The molecule has 0 atom stereocenters. The molecule has 0 aromatic heterocycles. The number of benzene rings is 1. The minimum Gasteiger partial charge on any atom is -0.483 e. The van der Waals surface area contributed by atoms with Gasteiger partial charge in [-0.2, -0.15) is 0 Å². The molecule has 0 aliphatic heterocycles. The monoisotopic (exact) mass is 394 g/mol. The largest absolute Gasteiger partial charge is 0.483 e. The fourth-order valence-electron chi connectivity index (χ4n) is 2.09. The van der Waals surface area contributed by atoms with E-state index in [1.54, 1.807) is 24.3 Å². The Labute approximate surface area is 165 Å². The van der Waals surface area contributed by atoms with Crippen molar-refractivity contribution in [3.05, 3.63) is 29.8 Å². The van der Waals surface area contributed by atoms with Crippen LogP contribution in [-0.4, -0.2) is 56.8 Å². The fraction of sp³-hybridized carbons (Fsp3) is 0.550. The van der Waals surface area contributed by atoms with Crippen molar-refractivity contribution >= 4 is 18.3 Å². The molecule has 0 bridgehead atoms. The van der Waals surface area contributed by atoms with E-state index in [0.29, 0.717) is 56.7 Å². The molecule has 2 amide bonds. The van der Waals surface area contributed by atoms with E-state index in [2.05, 4.69) is 10.6 Å². The zero-order valence-electron chi connectivity index (χ0n) is 16.8. The lowest BCUT2D eigenvalue weighted by atomic mass is 10.2. The van der Waals surface area contributed by atoms with E-state index in [1.807, 2.05) is 20.8 Å². The van der Waals surface area contributed by atoms with Gasteiger partial charge < -0.3 is 24.8 Å². The van der Waals surface area contributed by atoms with Crippen LogP contribution in [0.3, 0.4) is 0 Å². The van der Waals surface area contributed by atoms with E-state index < -0.39 is 11.7 Å². The highest BCUT2D eigenvalue weighted by Gasteiger charge is 2.15. The summed E-state index contributed by atoms with van der Waals surface area (Å²) in [5, 5.41) is 5.38. The molecule has 1 aromatic carbocycles. The van der Waals surface area contributed by atoms with Crippen molar-refractivity contribution in [2.45, 2.75) is 39.2 Å². The highest BCUT2D eigenvalue weighted by Crippen LogP contribution is 2.15. The molecule has 1 rings (SSSR count). The molecule has 2 N–H and O–H groups in total. The zero-order valence-corrected chi connectivity index (χ0v) is 16.8. The van der Waals surface area contributed by atoms with Crippen molar-refractivity contribution in [3.63, 3.8) is 0 Å². The van der Waals surface area contributed by atoms with Crippen molar-refractivity contribution in [2.24, 2.45) is 0 Å². The Bertz CT molecular complexity index is 627. The van der Waals surface area contributed by atoms with Crippen LogP contribution < -0.4 is 15.4 Å². The minimum atomic E-state index is -0.506. The summed E-state index contributed by atoms with van der Waals surface area (Å²) in [7, 11) is 0. The second-order valence-corrected chi connectivity index (χ2v) is 7.04. The van der Waals surface area contributed by atoms with Crippen LogP contribution in [-0.2, 0) is 14.3 Å². The number of ether oxygens (including phenoxy) is 3. The van der Waals surface area contributed by atoms with E-state index in [4.69, 9.17) is 14.2 Å². The van der Waals surface area contributed by atoms with Crippen LogP contribution in [0.4, 0.5) is 4.79 Å². The molecule has 0 saturated carbocycles. The van der Waals surface area contributed by atoms with Gasteiger partial charge in [-0.05, 0) is 45.7 Å². The third kappa shape index (κ3) is 11.2. The van der Waals surface area contributed by atoms with Gasteiger partial charge in [0.15, 0.2) is 12.9 Å². The van der Waals surface area contributed by atoms with Gasteiger partial charge in [-0.3, -0.25) is 9.59 Å². The molecule has 8 heteroatoms. The lowest BCUT2D eigenvalue weighted by Gasteiger charge is -2.19. The first kappa shape index (κ1) is 23.4. The Balaban J connectivity index is 1.99. The number of aldehydes is 1. The van der Waals surface area contributed by atoms with Gasteiger partial charge in [-0.15, -0.1) is 0 Å². The standard InChI is InChI=1S/C20H30N2O6/c1-20(2,3)28-19(25)22-11-7-13-26-12-6-10-21-18(24)15-27-17-9-5-4-8-16(17)14-23/h4-5,8-9,14H,6-7,10-13,15H2,1-3H3,(H,21,24)(H,22,25). The summed E-state index contributed by atoms with van der Waals surface area (Å²) in [5.41, 5.74) is -0.0987. The number of hydrogen-bond donors (Lipinski definition) is 2. The van der Waals surface area contributed by atoms with Crippen molar-refractivity contribution in [1.29, 1.82) is 0 Å². The Morgan fingerprint density at radius 3 is 2.32 bits per heavy atom. The molecular weight excluding hydrogens is 364 g/mol. The second-order valence-electron chi connectivity index (χ2n) is 7.04. The van der Waals surface area contributed by atoms with Crippen molar-refractivity contribution in [1.82, 2.24) is 10.6 Å². The molecule has 0 aliphatic carbocycles. The maximum atomic E-state index is 11.7. The van der Waals surface area contributed by atoms with Gasteiger partial charge in [0.25, 0.3) is 5.91 Å². The SMILES string of the molecule is CC(C)(C)OC(=O)NCCCOCCCNC(=O)COc1ccccc1C=O. The summed E-state index contributed by atoms with van der Waals surface area (Å²) < 4.78 is 15.9. The Kier molecular flexibility index (Phi) is 10.6. The second kappa shape index (κ2) is 12.7. The molecular formula is C20H30N2O6. The number of carbonyl (C=O) groups excluding carboxylic acids is 3. The molecule has 0 spiro atoms. The van der Waals surface area contributed by atoms with Crippen LogP contribution in [0.2, 0.25) is 0 Å². The van der Waals surface area contributed by atoms with Gasteiger partial charge in [0.2, 0.25) is 0 Å². The van der Waals surface area contributed by atoms with Crippen LogP contribution in [0, 0.1) is 0 Å². The Hall–Kier alpha value is -2.61. The van der Waals surface area contributed by atoms with E-state index in [1.165, 1.54) is 0 Å². The predicted molar refractivity (Wildman–Crippen MR) is 105 cm³/mol. The van der Waals surface area contributed by atoms with Crippen LogP contribution in [0.15, 0.2) is 24.3 Å². The van der Waals surface area contributed by atoms with Gasteiger partial charge in [-0.25, -0.2) is 4.79 Å². The van der Waals surface area contributed by atoms with Gasteiger partial charge in [0.05, 0.1) is 5.56 Å². The highest BCUT2D eigenvalue weighted by atomic mass is 16.6. The molecule has 0 unspecified atom stereocenters. The predicted octanol–water partition coefficient (Wildman–Crippen LogP) is 2.32. The van der Waals surface area contributed by atoms with E-state index in [9.17, 15) is 14.4 Å². The Morgan fingerprint density at radius 1 is 1.04 bits per heavy atom. The molecule has 1 aromatic rings. The first-order valence-corrected chi connectivity index (χ1v) is 9.30. The van der Waals surface area contributed by atoms with Gasteiger partial charge in [0.1, 0.15) is 11.4 Å². The number of amides is 2. The summed E-state index contributed by atoms with van der Waals surface area (Å²) >= 11 is 0. The summed E-state index contributed by atoms with van der Waals surface area (Å²) in [6.07, 6.45) is 1.59. The van der Waals surface area contributed by atoms with Crippen LogP contribution in [0.25, 0.3) is 0 Å². The van der Waals surface area contributed by atoms with Gasteiger partial charge in [0, 0.05) is 26.3 Å². The normalized spacial score (nSPS) is 10.8. The number of alkyl carbamates (subject to hydrolysis) is 1. The Morgan fingerprint density at radius 2 is 1.68 bits per heavy atom. The number of carbonyl (C=O) groups is 3. The van der Waals surface area contributed by atoms with Crippen LogP contribution in [0.1, 0.15) is 44.0 Å². The molecule has 0 aliphatic rings. The maximum Gasteiger partial charge on any atom is 0.407 e. The summed E-state index contributed by atoms with van der Waals surface area (Å²) in [4.78, 5) is 34.0. The lowest BCUT2D eigenvalue weighted by molar-refractivity contribution is -0.123. The zero-order chi connectivity index (χ0) is 20.8. The lowest BCUT2D eigenvalue weighted by Crippen LogP contribution is -2.33. The number of rotatable bonds is 12. The molecule has 0 heterocycles. The number of hydrogen-bond acceptors (Lipinski definition) is 6. The molecule has 156 valence electrons. The average Bonchev–Trinajstić information content (AvgIpc) is 2.63. The maximum absolute atomic E-state index is 11.7. The van der Waals surface area contributed by atoms with E-state index in [0.717, 1.165) is 0 Å². The average molecular weight is 394 g/mol. The van der Waals surface area contributed by atoms with E-state index >= 15 is 0 Å². The minimum absolute atomic E-state index is 0.151. The first-order chi connectivity index (χ1) is 13.3. The molecule has 0 saturated heterocycles. The van der Waals surface area contributed by atoms with Crippen molar-refractivity contribution in [2.75, 3.05) is 32.9 Å². The molecule has 0 fully saturated rings. The fourth-order valence-corrected chi connectivity index (χ4v) is 2.09. The van der Waals surface area contributed by atoms with Crippen molar-refractivity contribution < 1.29 is 28.6 Å². The third-order valence-corrected chi connectivity index (χ3v) is 3.33. The summed E-state index contributed by atoms with van der Waals surface area (Å²) in [6.45, 7) is 7.23. The highest BCUT2D eigenvalue weighted by molar-refractivity contribution is 5.80. The van der Waals surface area contributed by atoms with Gasteiger partial charge in [-0.1, -0.05) is 12.1 Å². The number of nitrogens with one attached hydrogen (secondary N) is 2. The topological polar surface area (TPSA) is 103 Å². The molecule has 0 radical (unpaired) electrons. The van der Waals surface area contributed by atoms with E-state index in [-0.39, 0.29) is 12.5 Å². The van der Waals surface area contributed by atoms with Crippen molar-refractivity contribution in [3.8, 4) is 5.75 Å². The van der Waals surface area contributed by atoms with Gasteiger partial charge >= 0.3 is 6.09 Å². The molecule has 8 nitrogen and oxygen atoms in total. The first-order valence-electron chi connectivity index (χ1n) is 9.30. The summed E-state index contributed by atoms with van der Waals surface area (Å²) in [5.74, 6) is 0.123. The van der Waals surface area contributed by atoms with Crippen LogP contribution >= 0.6 is 0 Å². The van der Waals surface area contributed by atoms with Crippen LogP contribution in [0.5, 0.6) is 5.75 Å². The third-order valence-electron chi connectivity index (χ3n) is 3.33. The summed E-state index contributed by atoms with van der Waals surface area (Å²) in [6, 6.07) is 6.73. The molecule has 28 heavy (non-hydrogen) atoms. The smallest absolute Gasteiger partial charge is 0.407 e. The number of para-hydroxylation sites is 1.